The molecule has 1 unspecified atom stereocenters. The molecule has 0 saturated carbocycles. The quantitative estimate of drug-likeness (QED) is 0.719. The van der Waals surface area contributed by atoms with Gasteiger partial charge in [-0.2, -0.15) is 0 Å². The van der Waals surface area contributed by atoms with Crippen LogP contribution in [0.25, 0.3) is 0 Å². The van der Waals surface area contributed by atoms with E-state index < -0.39 is 9.84 Å². The maximum absolute atomic E-state index is 11.7. The van der Waals surface area contributed by atoms with Crippen LogP contribution in [0.5, 0.6) is 0 Å². The fraction of sp³-hybridized carbons (Fsp3) is 0.571. The molecule has 1 aromatic carbocycles. The molecule has 0 aliphatic rings. The summed E-state index contributed by atoms with van der Waals surface area (Å²) in [6, 6.07) is 8.03. The van der Waals surface area contributed by atoms with Gasteiger partial charge >= 0.3 is 0 Å². The van der Waals surface area contributed by atoms with E-state index in [1.165, 1.54) is 11.1 Å². The number of benzene rings is 1. The van der Waals surface area contributed by atoms with Crippen molar-refractivity contribution in [2.24, 2.45) is 0 Å². The van der Waals surface area contributed by atoms with Gasteiger partial charge < -0.3 is 0 Å². The second-order valence-electron chi connectivity index (χ2n) is 4.65. The van der Waals surface area contributed by atoms with Gasteiger partial charge in [-0.25, -0.2) is 8.42 Å². The summed E-state index contributed by atoms with van der Waals surface area (Å²) in [4.78, 5) is 0. The van der Waals surface area contributed by atoms with E-state index in [0.717, 1.165) is 0 Å². The molecule has 1 rings (SSSR count). The molecule has 0 aliphatic carbocycles. The fourth-order valence-corrected chi connectivity index (χ4v) is 3.89. The zero-order valence-corrected chi connectivity index (χ0v) is 12.6. The lowest BCUT2D eigenvalue weighted by molar-refractivity contribution is 0.587. The Balaban J connectivity index is 2.72. The third kappa shape index (κ3) is 4.62. The van der Waals surface area contributed by atoms with E-state index >= 15 is 0 Å². The summed E-state index contributed by atoms with van der Waals surface area (Å²) >= 11 is 5.99. The first kappa shape index (κ1) is 15.5. The highest BCUT2D eigenvalue weighted by Gasteiger charge is 2.17. The Morgan fingerprint density at radius 3 is 2.44 bits per heavy atom. The normalized spacial score (nSPS) is 13.5. The Bertz CT molecular complexity index is 468. The first-order chi connectivity index (χ1) is 8.50. The Morgan fingerprint density at radius 2 is 1.89 bits per heavy atom. The van der Waals surface area contributed by atoms with Crippen molar-refractivity contribution < 1.29 is 8.42 Å². The van der Waals surface area contributed by atoms with Gasteiger partial charge in [-0.3, -0.25) is 0 Å². The van der Waals surface area contributed by atoms with Gasteiger partial charge in [0.25, 0.3) is 0 Å². The zero-order valence-electron chi connectivity index (χ0n) is 11.0. The summed E-state index contributed by atoms with van der Waals surface area (Å²) < 4.78 is 23.4. The molecule has 0 N–H and O–H groups in total. The number of rotatable bonds is 7. The summed E-state index contributed by atoms with van der Waals surface area (Å²) in [6.07, 6.45) is 1.29. The second-order valence-corrected chi connectivity index (χ2v) is 7.26. The van der Waals surface area contributed by atoms with Gasteiger partial charge in [0.15, 0.2) is 0 Å². The van der Waals surface area contributed by atoms with E-state index in [9.17, 15) is 8.42 Å². The number of halogens is 1. The van der Waals surface area contributed by atoms with Crippen molar-refractivity contribution in [3.05, 3.63) is 35.4 Å². The highest BCUT2D eigenvalue weighted by atomic mass is 35.5. The summed E-state index contributed by atoms with van der Waals surface area (Å²) in [5.41, 5.74) is 2.34. The first-order valence-electron chi connectivity index (χ1n) is 6.32. The number of sulfone groups is 1. The van der Waals surface area contributed by atoms with Gasteiger partial charge in [0, 0.05) is 11.6 Å². The lowest BCUT2D eigenvalue weighted by atomic mass is 9.94. The minimum Gasteiger partial charge on any atom is -0.229 e. The molecule has 0 radical (unpaired) electrons. The van der Waals surface area contributed by atoms with Crippen molar-refractivity contribution in [3.8, 4) is 0 Å². The molecule has 0 saturated heterocycles. The lowest BCUT2D eigenvalue weighted by Gasteiger charge is -2.16. The van der Waals surface area contributed by atoms with Gasteiger partial charge in [-0.05, 0) is 36.8 Å². The molecule has 0 spiro atoms. The molecular weight excluding hydrogens is 268 g/mol. The highest BCUT2D eigenvalue weighted by molar-refractivity contribution is 7.91. The topological polar surface area (TPSA) is 34.1 Å². The summed E-state index contributed by atoms with van der Waals surface area (Å²) in [5, 5.41) is 0. The van der Waals surface area contributed by atoms with Gasteiger partial charge in [0.1, 0.15) is 9.84 Å². The predicted molar refractivity (Wildman–Crippen MR) is 78.2 cm³/mol. The van der Waals surface area contributed by atoms with Crippen molar-refractivity contribution in [3.63, 3.8) is 0 Å². The number of hydrogen-bond donors (Lipinski definition) is 0. The maximum Gasteiger partial charge on any atom is 0.150 e. The SMILES string of the molecule is CCCS(=O)(=O)CCC(CCl)c1ccccc1C. The van der Waals surface area contributed by atoms with Crippen molar-refractivity contribution in [1.82, 2.24) is 0 Å². The Labute approximate surface area is 115 Å². The van der Waals surface area contributed by atoms with Gasteiger partial charge in [0.05, 0.1) is 5.75 Å². The Morgan fingerprint density at radius 1 is 1.22 bits per heavy atom. The van der Waals surface area contributed by atoms with E-state index in [-0.39, 0.29) is 17.4 Å². The van der Waals surface area contributed by atoms with Crippen LogP contribution >= 0.6 is 11.6 Å². The van der Waals surface area contributed by atoms with Crippen molar-refractivity contribution in [2.75, 3.05) is 17.4 Å². The largest absolute Gasteiger partial charge is 0.229 e. The molecule has 0 heterocycles. The molecule has 0 aromatic heterocycles. The van der Waals surface area contributed by atoms with Crippen LogP contribution in [0.3, 0.4) is 0 Å². The molecule has 102 valence electrons. The van der Waals surface area contributed by atoms with E-state index in [1.54, 1.807) is 0 Å². The fourth-order valence-electron chi connectivity index (χ4n) is 2.10. The molecule has 2 nitrogen and oxygen atoms in total. The van der Waals surface area contributed by atoms with Crippen LogP contribution in [0.1, 0.15) is 36.8 Å². The highest BCUT2D eigenvalue weighted by Crippen LogP contribution is 2.25. The van der Waals surface area contributed by atoms with Crippen LogP contribution < -0.4 is 0 Å². The minimum atomic E-state index is -2.92. The number of hydrogen-bond acceptors (Lipinski definition) is 2. The summed E-state index contributed by atoms with van der Waals surface area (Å²) in [6.45, 7) is 3.92. The van der Waals surface area contributed by atoms with E-state index in [2.05, 4.69) is 0 Å². The van der Waals surface area contributed by atoms with Crippen LogP contribution in [0.4, 0.5) is 0 Å². The van der Waals surface area contributed by atoms with Crippen LogP contribution in [0, 0.1) is 6.92 Å². The zero-order chi connectivity index (χ0) is 13.6. The molecule has 0 amide bonds. The van der Waals surface area contributed by atoms with Crippen LogP contribution in [0.15, 0.2) is 24.3 Å². The number of aryl methyl sites for hydroxylation is 1. The average molecular weight is 289 g/mol. The summed E-state index contributed by atoms with van der Waals surface area (Å²) in [7, 11) is -2.92. The smallest absolute Gasteiger partial charge is 0.150 e. The molecule has 1 atom stereocenters. The van der Waals surface area contributed by atoms with Crippen molar-refractivity contribution in [1.29, 1.82) is 0 Å². The lowest BCUT2D eigenvalue weighted by Crippen LogP contribution is -2.14. The predicted octanol–water partition coefficient (Wildman–Crippen LogP) is 3.53. The Hall–Kier alpha value is -0.540. The maximum atomic E-state index is 11.7. The van der Waals surface area contributed by atoms with Crippen molar-refractivity contribution in [2.45, 2.75) is 32.6 Å². The van der Waals surface area contributed by atoms with E-state index in [4.69, 9.17) is 11.6 Å². The molecular formula is C14H21ClO2S. The van der Waals surface area contributed by atoms with Crippen LogP contribution in [-0.4, -0.2) is 25.8 Å². The first-order valence-corrected chi connectivity index (χ1v) is 8.67. The molecule has 1 aromatic rings. The van der Waals surface area contributed by atoms with Crippen LogP contribution in [-0.2, 0) is 9.84 Å². The van der Waals surface area contributed by atoms with Crippen molar-refractivity contribution >= 4 is 21.4 Å². The molecule has 18 heavy (non-hydrogen) atoms. The van der Waals surface area contributed by atoms with E-state index in [0.29, 0.717) is 18.7 Å². The Kier molecular flexibility index (Phi) is 6.16. The minimum absolute atomic E-state index is 0.125. The standard InChI is InChI=1S/C14H21ClO2S/c1-3-9-18(16,17)10-8-13(11-15)14-7-5-4-6-12(14)2/h4-7,13H,3,8-11H2,1-2H3. The van der Waals surface area contributed by atoms with Gasteiger partial charge in [-0.15, -0.1) is 11.6 Å². The van der Waals surface area contributed by atoms with Crippen LogP contribution in [0.2, 0.25) is 0 Å². The molecule has 0 aliphatic heterocycles. The van der Waals surface area contributed by atoms with E-state index in [1.807, 2.05) is 38.1 Å². The van der Waals surface area contributed by atoms with Gasteiger partial charge in [-0.1, -0.05) is 31.2 Å². The summed E-state index contributed by atoms with van der Waals surface area (Å²) in [5.74, 6) is 1.09. The third-order valence-corrected chi connectivity index (χ3v) is 5.37. The number of alkyl halides is 1. The second kappa shape index (κ2) is 7.15. The molecule has 0 fully saturated rings. The monoisotopic (exact) mass is 288 g/mol. The average Bonchev–Trinajstić information content (AvgIpc) is 2.32. The van der Waals surface area contributed by atoms with Gasteiger partial charge in [0.2, 0.25) is 0 Å². The molecule has 0 bridgehead atoms. The third-order valence-electron chi connectivity index (χ3n) is 3.11. The molecule has 4 heteroatoms.